The van der Waals surface area contributed by atoms with E-state index in [-0.39, 0.29) is 18.9 Å². The van der Waals surface area contributed by atoms with Crippen molar-refractivity contribution < 1.29 is 22.7 Å². The van der Waals surface area contributed by atoms with Crippen LogP contribution in [0.1, 0.15) is 23.6 Å². The van der Waals surface area contributed by atoms with Gasteiger partial charge in [-0.15, -0.1) is 0 Å². The topological polar surface area (TPSA) is 93.7 Å². The monoisotopic (exact) mass is 426 g/mol. The number of hydrogen-bond donors (Lipinski definition) is 2. The van der Waals surface area contributed by atoms with Crippen LogP contribution in [-0.4, -0.2) is 34.8 Å². The van der Waals surface area contributed by atoms with Crippen LogP contribution in [0, 0.1) is 0 Å². The molecular formula is C19H23ClN2O5S. The van der Waals surface area contributed by atoms with E-state index in [0.29, 0.717) is 27.6 Å². The largest absolute Gasteiger partial charge is 0.496 e. The first-order chi connectivity index (χ1) is 13.2. The molecule has 0 bridgehead atoms. The Morgan fingerprint density at radius 2 is 1.64 bits per heavy atom. The number of benzene rings is 2. The number of hydrogen-bond acceptors (Lipinski definition) is 5. The SMILES string of the molecule is COc1cccc(OC)c1CNC(=O)C[C@@H](NS(C)(=O)=O)c1ccc(Cl)cc1. The van der Waals surface area contributed by atoms with Crippen molar-refractivity contribution in [2.75, 3.05) is 20.5 Å². The molecule has 0 aliphatic rings. The average molecular weight is 427 g/mol. The zero-order chi connectivity index (χ0) is 20.7. The maximum Gasteiger partial charge on any atom is 0.222 e. The summed E-state index contributed by atoms with van der Waals surface area (Å²) in [5.74, 6) is 0.843. The Bertz CT molecular complexity index is 894. The van der Waals surface area contributed by atoms with E-state index in [1.54, 1.807) is 42.5 Å². The van der Waals surface area contributed by atoms with Gasteiger partial charge in [-0.05, 0) is 29.8 Å². The van der Waals surface area contributed by atoms with Crippen molar-refractivity contribution in [2.45, 2.75) is 19.0 Å². The van der Waals surface area contributed by atoms with Crippen LogP contribution in [0.25, 0.3) is 0 Å². The molecule has 0 saturated carbocycles. The molecule has 2 rings (SSSR count). The van der Waals surface area contributed by atoms with Gasteiger partial charge in [-0.3, -0.25) is 4.79 Å². The van der Waals surface area contributed by atoms with E-state index in [1.807, 2.05) is 0 Å². The highest BCUT2D eigenvalue weighted by Gasteiger charge is 2.20. The summed E-state index contributed by atoms with van der Waals surface area (Å²) in [6.07, 6.45) is 0.972. The summed E-state index contributed by atoms with van der Waals surface area (Å²) in [6.45, 7) is 0.179. The Labute approximate surface area is 170 Å². The minimum absolute atomic E-state index is 0.0772. The maximum absolute atomic E-state index is 12.5. The van der Waals surface area contributed by atoms with E-state index in [4.69, 9.17) is 21.1 Å². The van der Waals surface area contributed by atoms with Gasteiger partial charge in [0.25, 0.3) is 0 Å². The summed E-state index contributed by atoms with van der Waals surface area (Å²) in [7, 11) is -0.450. The average Bonchev–Trinajstić information content (AvgIpc) is 2.65. The Morgan fingerprint density at radius 3 is 2.14 bits per heavy atom. The first kappa shape index (κ1) is 22.0. The molecule has 0 fully saturated rings. The van der Waals surface area contributed by atoms with Gasteiger partial charge < -0.3 is 14.8 Å². The number of carbonyl (C=O) groups is 1. The second kappa shape index (κ2) is 9.77. The van der Waals surface area contributed by atoms with E-state index in [9.17, 15) is 13.2 Å². The predicted molar refractivity (Wildman–Crippen MR) is 108 cm³/mol. The van der Waals surface area contributed by atoms with Gasteiger partial charge in [-0.1, -0.05) is 29.8 Å². The van der Waals surface area contributed by atoms with E-state index in [2.05, 4.69) is 10.0 Å². The van der Waals surface area contributed by atoms with E-state index in [0.717, 1.165) is 6.26 Å². The molecule has 0 aliphatic heterocycles. The molecule has 2 N–H and O–H groups in total. The number of carbonyl (C=O) groups excluding carboxylic acids is 1. The number of ether oxygens (including phenoxy) is 2. The van der Waals surface area contributed by atoms with Gasteiger partial charge in [-0.25, -0.2) is 13.1 Å². The van der Waals surface area contributed by atoms with Gasteiger partial charge in [0.2, 0.25) is 15.9 Å². The van der Waals surface area contributed by atoms with Crippen LogP contribution in [-0.2, 0) is 21.4 Å². The summed E-state index contributed by atoms with van der Waals surface area (Å²) in [5, 5.41) is 3.31. The van der Waals surface area contributed by atoms with Crippen LogP contribution in [0.3, 0.4) is 0 Å². The smallest absolute Gasteiger partial charge is 0.222 e. The van der Waals surface area contributed by atoms with Gasteiger partial charge in [0.15, 0.2) is 0 Å². The molecule has 0 unspecified atom stereocenters. The van der Waals surface area contributed by atoms with Crippen LogP contribution in [0.2, 0.25) is 5.02 Å². The van der Waals surface area contributed by atoms with Crippen LogP contribution >= 0.6 is 11.6 Å². The standard InChI is InChI=1S/C19H23ClN2O5S/c1-26-17-5-4-6-18(27-2)15(17)12-21-19(23)11-16(22-28(3,24)25)13-7-9-14(20)10-8-13/h4-10,16,22H,11-12H2,1-3H3,(H,21,23)/t16-/m1/s1. The number of sulfonamides is 1. The lowest BCUT2D eigenvalue weighted by Crippen LogP contribution is -2.33. The molecule has 1 amide bonds. The molecule has 7 nitrogen and oxygen atoms in total. The van der Waals surface area contributed by atoms with Crippen molar-refractivity contribution in [2.24, 2.45) is 0 Å². The molecule has 0 spiro atoms. The quantitative estimate of drug-likeness (QED) is 0.643. The van der Waals surface area contributed by atoms with Crippen LogP contribution in [0.5, 0.6) is 11.5 Å². The Morgan fingerprint density at radius 1 is 1.07 bits per heavy atom. The number of amides is 1. The third-order valence-electron chi connectivity index (χ3n) is 4.01. The summed E-state index contributed by atoms with van der Waals surface area (Å²) < 4.78 is 36.5. The third kappa shape index (κ3) is 6.40. The molecule has 9 heteroatoms. The maximum atomic E-state index is 12.5. The normalized spacial score (nSPS) is 12.3. The highest BCUT2D eigenvalue weighted by atomic mass is 35.5. The number of rotatable bonds is 9. The highest BCUT2D eigenvalue weighted by molar-refractivity contribution is 7.88. The second-order valence-corrected chi connectivity index (χ2v) is 8.33. The van der Waals surface area contributed by atoms with Crippen molar-refractivity contribution >= 4 is 27.5 Å². The van der Waals surface area contributed by atoms with Crippen molar-refractivity contribution in [3.63, 3.8) is 0 Å². The fraction of sp³-hybridized carbons (Fsp3) is 0.316. The van der Waals surface area contributed by atoms with Crippen LogP contribution in [0.4, 0.5) is 0 Å². The Hall–Kier alpha value is -2.29. The number of methoxy groups -OCH3 is 2. The molecule has 152 valence electrons. The van der Waals surface area contributed by atoms with Gasteiger partial charge >= 0.3 is 0 Å². The van der Waals surface area contributed by atoms with E-state index in [1.165, 1.54) is 14.2 Å². The lowest BCUT2D eigenvalue weighted by molar-refractivity contribution is -0.121. The van der Waals surface area contributed by atoms with Gasteiger partial charge in [0.05, 0.1) is 38.6 Å². The third-order valence-corrected chi connectivity index (χ3v) is 4.98. The molecule has 0 aliphatic carbocycles. The van der Waals surface area contributed by atoms with E-state index >= 15 is 0 Å². The highest BCUT2D eigenvalue weighted by Crippen LogP contribution is 2.28. The Kier molecular flexibility index (Phi) is 7.68. The molecule has 2 aromatic rings. The molecule has 0 heterocycles. The zero-order valence-corrected chi connectivity index (χ0v) is 17.4. The zero-order valence-electron chi connectivity index (χ0n) is 15.9. The summed E-state index contributed by atoms with van der Waals surface area (Å²) in [5.41, 5.74) is 1.33. The molecule has 1 atom stereocenters. The molecule has 0 radical (unpaired) electrons. The predicted octanol–water partition coefficient (Wildman–Crippen LogP) is 2.65. The lowest BCUT2D eigenvalue weighted by atomic mass is 10.0. The van der Waals surface area contributed by atoms with E-state index < -0.39 is 16.1 Å². The number of nitrogens with one attached hydrogen (secondary N) is 2. The first-order valence-electron chi connectivity index (χ1n) is 8.43. The second-order valence-electron chi connectivity index (χ2n) is 6.12. The van der Waals surface area contributed by atoms with Crippen LogP contribution in [0.15, 0.2) is 42.5 Å². The van der Waals surface area contributed by atoms with Gasteiger partial charge in [-0.2, -0.15) is 0 Å². The molecular weight excluding hydrogens is 404 g/mol. The Balaban J connectivity index is 2.13. The molecule has 2 aromatic carbocycles. The summed E-state index contributed by atoms with van der Waals surface area (Å²) in [4.78, 5) is 12.5. The first-order valence-corrected chi connectivity index (χ1v) is 10.7. The van der Waals surface area contributed by atoms with Crippen molar-refractivity contribution in [1.29, 1.82) is 0 Å². The minimum atomic E-state index is -3.52. The number of halogens is 1. The van der Waals surface area contributed by atoms with Crippen molar-refractivity contribution in [3.05, 3.63) is 58.6 Å². The van der Waals surface area contributed by atoms with Crippen LogP contribution < -0.4 is 19.5 Å². The minimum Gasteiger partial charge on any atom is -0.496 e. The summed E-state index contributed by atoms with van der Waals surface area (Å²) in [6, 6.07) is 11.3. The lowest BCUT2D eigenvalue weighted by Gasteiger charge is -2.19. The van der Waals surface area contributed by atoms with Crippen molar-refractivity contribution in [3.8, 4) is 11.5 Å². The summed E-state index contributed by atoms with van der Waals surface area (Å²) >= 11 is 5.89. The van der Waals surface area contributed by atoms with Gasteiger partial charge in [0.1, 0.15) is 11.5 Å². The van der Waals surface area contributed by atoms with Crippen molar-refractivity contribution in [1.82, 2.24) is 10.0 Å². The molecule has 28 heavy (non-hydrogen) atoms. The fourth-order valence-corrected chi connectivity index (χ4v) is 3.59. The molecule has 0 aromatic heterocycles. The molecule has 0 saturated heterocycles. The van der Waals surface area contributed by atoms with Gasteiger partial charge in [0, 0.05) is 11.4 Å². The fourth-order valence-electron chi connectivity index (χ4n) is 2.73.